The summed E-state index contributed by atoms with van der Waals surface area (Å²) in [5.41, 5.74) is 1.05. The lowest BCUT2D eigenvalue weighted by Gasteiger charge is -2.48. The molecule has 18 heavy (non-hydrogen) atoms. The van der Waals surface area contributed by atoms with Crippen molar-refractivity contribution in [1.29, 1.82) is 0 Å². The van der Waals surface area contributed by atoms with Gasteiger partial charge in [0.05, 0.1) is 18.1 Å². The summed E-state index contributed by atoms with van der Waals surface area (Å²) in [5.74, 6) is -0.106. The first kappa shape index (κ1) is 14.8. The van der Waals surface area contributed by atoms with Crippen LogP contribution in [-0.2, 0) is 0 Å². The molecular weight excluding hydrogens is 226 g/mol. The van der Waals surface area contributed by atoms with Gasteiger partial charge >= 0.3 is 0 Å². The molecule has 0 aliphatic rings. The van der Waals surface area contributed by atoms with Gasteiger partial charge in [0, 0.05) is 12.1 Å². The number of nitrogens with zero attached hydrogens (tertiary/aromatic N) is 1. The van der Waals surface area contributed by atoms with Gasteiger partial charge < -0.3 is 10.2 Å². The molecule has 0 aliphatic carbocycles. The van der Waals surface area contributed by atoms with Crippen molar-refractivity contribution in [3.8, 4) is 11.5 Å². The molecule has 1 aromatic rings. The first-order valence-electron chi connectivity index (χ1n) is 6.65. The van der Waals surface area contributed by atoms with Gasteiger partial charge in [0.1, 0.15) is 5.69 Å². The molecule has 0 heterocycles. The smallest absolute Gasteiger partial charge is 0.163 e. The second-order valence-corrected chi connectivity index (χ2v) is 5.79. The van der Waals surface area contributed by atoms with Crippen molar-refractivity contribution in [1.82, 2.24) is 4.48 Å². The summed E-state index contributed by atoms with van der Waals surface area (Å²) >= 11 is 0. The number of rotatable bonds is 4. The Hall–Kier alpha value is -1.22. The molecule has 0 aromatic heterocycles. The molecule has 0 atom stereocenters. The lowest BCUT2D eigenvalue weighted by molar-refractivity contribution is 0.136. The zero-order valence-electron chi connectivity index (χ0n) is 12.3. The summed E-state index contributed by atoms with van der Waals surface area (Å²) in [6, 6.07) is 6.37. The minimum atomic E-state index is -0.0619. The standard InChI is InChI=1S/C15H25NO2/c1-10(2)16(11(3)4,12(5)6)13-7-8-14(17)15(18)9-13/h7-12H,1-6H3,(H-,17,18)/p+1. The molecule has 3 nitrogen and oxygen atoms in total. The third kappa shape index (κ3) is 2.19. The Bertz CT molecular complexity index is 389. The molecule has 0 bridgehead atoms. The maximum absolute atomic E-state index is 9.75. The van der Waals surface area contributed by atoms with Crippen LogP contribution in [0.15, 0.2) is 18.2 Å². The highest BCUT2D eigenvalue weighted by molar-refractivity contribution is 5.54. The van der Waals surface area contributed by atoms with Crippen molar-refractivity contribution in [2.75, 3.05) is 0 Å². The van der Waals surface area contributed by atoms with Gasteiger partial charge in [-0.2, -0.15) is 0 Å². The Kier molecular flexibility index (Phi) is 4.28. The molecule has 0 fully saturated rings. The van der Waals surface area contributed by atoms with E-state index in [1.54, 1.807) is 12.1 Å². The molecule has 0 amide bonds. The van der Waals surface area contributed by atoms with Gasteiger partial charge in [-0.1, -0.05) is 0 Å². The summed E-state index contributed by atoms with van der Waals surface area (Å²) < 4.78 is 0.786. The van der Waals surface area contributed by atoms with Gasteiger partial charge in [-0.05, 0) is 47.6 Å². The van der Waals surface area contributed by atoms with Crippen LogP contribution in [0.4, 0.5) is 5.69 Å². The van der Waals surface area contributed by atoms with E-state index in [4.69, 9.17) is 0 Å². The van der Waals surface area contributed by atoms with Crippen LogP contribution < -0.4 is 4.48 Å². The van der Waals surface area contributed by atoms with Crippen LogP contribution in [0.3, 0.4) is 0 Å². The Morgan fingerprint density at radius 2 is 1.22 bits per heavy atom. The van der Waals surface area contributed by atoms with Crippen molar-refractivity contribution >= 4 is 5.69 Å². The summed E-state index contributed by atoms with van der Waals surface area (Å²) in [4.78, 5) is 0. The molecule has 2 N–H and O–H groups in total. The topological polar surface area (TPSA) is 40.5 Å². The largest absolute Gasteiger partial charge is 0.504 e. The number of phenols is 2. The minimum Gasteiger partial charge on any atom is -0.504 e. The predicted molar refractivity (Wildman–Crippen MR) is 77.0 cm³/mol. The fraction of sp³-hybridized carbons (Fsp3) is 0.600. The SMILES string of the molecule is CC(C)[N+](c1ccc(O)c(O)c1)(C(C)C)C(C)C. The van der Waals surface area contributed by atoms with E-state index >= 15 is 0 Å². The normalized spacial score (nSPS) is 12.7. The van der Waals surface area contributed by atoms with E-state index in [9.17, 15) is 10.2 Å². The molecule has 0 saturated carbocycles. The van der Waals surface area contributed by atoms with E-state index in [-0.39, 0.29) is 11.5 Å². The van der Waals surface area contributed by atoms with Crippen LogP contribution in [0.2, 0.25) is 0 Å². The average Bonchev–Trinajstić information content (AvgIpc) is 2.22. The van der Waals surface area contributed by atoms with E-state index in [0.29, 0.717) is 18.1 Å². The van der Waals surface area contributed by atoms with Crippen molar-refractivity contribution in [3.05, 3.63) is 18.2 Å². The Morgan fingerprint density at radius 1 is 0.778 bits per heavy atom. The predicted octanol–water partition coefficient (Wildman–Crippen LogP) is 3.63. The van der Waals surface area contributed by atoms with Crippen LogP contribution in [0, 0.1) is 0 Å². The minimum absolute atomic E-state index is 0.0445. The number of benzene rings is 1. The summed E-state index contributed by atoms with van der Waals surface area (Å²) in [6.45, 7) is 13.2. The van der Waals surface area contributed by atoms with Gasteiger partial charge in [-0.15, -0.1) is 0 Å². The van der Waals surface area contributed by atoms with Crippen molar-refractivity contribution in [3.63, 3.8) is 0 Å². The van der Waals surface area contributed by atoms with Crippen LogP contribution in [0.5, 0.6) is 11.5 Å². The fourth-order valence-corrected chi connectivity index (χ4v) is 3.44. The van der Waals surface area contributed by atoms with Crippen LogP contribution >= 0.6 is 0 Å². The second-order valence-electron chi connectivity index (χ2n) is 5.79. The van der Waals surface area contributed by atoms with Gasteiger partial charge in [0.15, 0.2) is 11.5 Å². The maximum atomic E-state index is 9.75. The third-order valence-electron chi connectivity index (χ3n) is 3.97. The molecule has 102 valence electrons. The first-order valence-corrected chi connectivity index (χ1v) is 6.65. The van der Waals surface area contributed by atoms with E-state index in [2.05, 4.69) is 41.5 Å². The molecule has 0 spiro atoms. The first-order chi connectivity index (χ1) is 8.24. The molecule has 0 aliphatic heterocycles. The summed E-state index contributed by atoms with van der Waals surface area (Å²) in [5, 5.41) is 19.2. The molecule has 3 heteroatoms. The fourth-order valence-electron chi connectivity index (χ4n) is 3.44. The Balaban J connectivity index is 3.46. The monoisotopic (exact) mass is 252 g/mol. The van der Waals surface area contributed by atoms with Crippen molar-refractivity contribution in [2.45, 2.75) is 59.7 Å². The van der Waals surface area contributed by atoms with E-state index < -0.39 is 0 Å². The van der Waals surface area contributed by atoms with Crippen molar-refractivity contribution < 1.29 is 10.2 Å². The number of phenolic OH excluding ortho intramolecular Hbond substituents is 2. The quantitative estimate of drug-likeness (QED) is 0.634. The van der Waals surface area contributed by atoms with Crippen LogP contribution in [-0.4, -0.2) is 28.3 Å². The zero-order valence-corrected chi connectivity index (χ0v) is 12.3. The van der Waals surface area contributed by atoms with E-state index in [0.717, 1.165) is 10.2 Å². The van der Waals surface area contributed by atoms with Gasteiger partial charge in [0.2, 0.25) is 0 Å². The Morgan fingerprint density at radius 3 is 1.56 bits per heavy atom. The lowest BCUT2D eigenvalue weighted by Crippen LogP contribution is -2.63. The van der Waals surface area contributed by atoms with Crippen LogP contribution in [0.25, 0.3) is 0 Å². The Labute approximate surface area is 110 Å². The maximum Gasteiger partial charge on any atom is 0.163 e. The molecule has 0 saturated heterocycles. The molecule has 1 aromatic carbocycles. The molecule has 1 rings (SSSR count). The molecular formula is C15H26NO2+. The van der Waals surface area contributed by atoms with Gasteiger partial charge in [-0.3, -0.25) is 4.48 Å². The number of hydrogen-bond donors (Lipinski definition) is 2. The third-order valence-corrected chi connectivity index (χ3v) is 3.97. The van der Waals surface area contributed by atoms with E-state index in [1.807, 2.05) is 6.07 Å². The summed E-state index contributed by atoms with van der Waals surface area (Å²) in [7, 11) is 0. The van der Waals surface area contributed by atoms with E-state index in [1.165, 1.54) is 0 Å². The highest BCUT2D eigenvalue weighted by Crippen LogP contribution is 2.38. The van der Waals surface area contributed by atoms with Crippen molar-refractivity contribution in [2.24, 2.45) is 0 Å². The number of aromatic hydroxyl groups is 2. The van der Waals surface area contributed by atoms with Gasteiger partial charge in [0.25, 0.3) is 0 Å². The van der Waals surface area contributed by atoms with Gasteiger partial charge in [-0.25, -0.2) is 0 Å². The molecule has 0 unspecified atom stereocenters. The zero-order chi connectivity index (χ0) is 14.1. The highest BCUT2D eigenvalue weighted by Gasteiger charge is 2.40. The number of quaternary nitrogens is 1. The highest BCUT2D eigenvalue weighted by atomic mass is 16.3. The van der Waals surface area contributed by atoms with Crippen LogP contribution in [0.1, 0.15) is 41.5 Å². The molecule has 0 radical (unpaired) electrons. The second kappa shape index (κ2) is 5.19. The number of hydrogen-bond acceptors (Lipinski definition) is 2. The average molecular weight is 252 g/mol. The summed E-state index contributed by atoms with van der Waals surface area (Å²) in [6.07, 6.45) is 0. The lowest BCUT2D eigenvalue weighted by atomic mass is 10.0.